The van der Waals surface area contributed by atoms with Gasteiger partial charge in [-0.15, -0.1) is 5.10 Å². The molecule has 2 aromatic carbocycles. The van der Waals surface area contributed by atoms with Crippen LogP contribution in [0.4, 0.5) is 27.7 Å². The minimum Gasteiger partial charge on any atom is -0.351 e. The Morgan fingerprint density at radius 2 is 1.74 bits per heavy atom. The topological polar surface area (TPSA) is 174 Å². The van der Waals surface area contributed by atoms with Crippen molar-refractivity contribution < 1.29 is 14.6 Å². The molecule has 0 bridgehead atoms. The van der Waals surface area contributed by atoms with E-state index in [9.17, 15) is 25.0 Å². The number of carbonyl (C=O) groups is 1. The van der Waals surface area contributed by atoms with Crippen LogP contribution in [0.5, 0.6) is 0 Å². The Balaban J connectivity index is 2.34. The van der Waals surface area contributed by atoms with Crippen LogP contribution in [0.1, 0.15) is 0 Å². The smallest absolute Gasteiger partial charge is 0.325 e. The van der Waals surface area contributed by atoms with Gasteiger partial charge in [0.25, 0.3) is 11.4 Å². The largest absolute Gasteiger partial charge is 0.351 e. The van der Waals surface area contributed by atoms with Crippen LogP contribution in [-0.2, 0) is 0 Å². The lowest BCUT2D eigenvalue weighted by atomic mass is 10.0. The van der Waals surface area contributed by atoms with Crippen LogP contribution in [0.3, 0.4) is 0 Å². The molecule has 1 aromatic heterocycles. The van der Waals surface area contributed by atoms with Gasteiger partial charge in [0.2, 0.25) is 0 Å². The molecule has 136 valence electrons. The molecule has 0 spiro atoms. The van der Waals surface area contributed by atoms with E-state index in [1.807, 2.05) is 0 Å². The number of carbonyl (C=O) groups excluding carboxylic acids is 1. The van der Waals surface area contributed by atoms with E-state index in [0.29, 0.717) is 5.56 Å². The van der Waals surface area contributed by atoms with Crippen LogP contribution in [0.25, 0.3) is 11.1 Å². The summed E-state index contributed by atoms with van der Waals surface area (Å²) < 4.78 is 0. The third-order valence-corrected chi connectivity index (χ3v) is 3.66. The number of rotatable bonds is 5. The zero-order chi connectivity index (χ0) is 19.6. The molecule has 12 nitrogen and oxygen atoms in total. The monoisotopic (exact) mass is 369 g/mol. The number of anilines is 2. The van der Waals surface area contributed by atoms with Crippen molar-refractivity contribution in [1.29, 1.82) is 0 Å². The highest BCUT2D eigenvalue weighted by atomic mass is 16.6. The van der Waals surface area contributed by atoms with E-state index in [1.54, 1.807) is 30.3 Å². The molecule has 0 aliphatic heterocycles. The Bertz CT molecular complexity index is 1020. The SMILES string of the molecule is NC(=O)N(c1cn[nH]n1)c1cc(-c2ccccc2)c([N+](=O)[O-])cc1[N+](=O)[O-]. The van der Waals surface area contributed by atoms with Gasteiger partial charge in [-0.3, -0.25) is 20.2 Å². The molecule has 0 aliphatic carbocycles. The van der Waals surface area contributed by atoms with Crippen LogP contribution >= 0.6 is 0 Å². The lowest BCUT2D eigenvalue weighted by molar-refractivity contribution is -0.393. The molecular formula is C15H11N7O5. The van der Waals surface area contributed by atoms with Crippen molar-refractivity contribution in [3.8, 4) is 11.1 Å². The van der Waals surface area contributed by atoms with Gasteiger partial charge in [-0.1, -0.05) is 30.3 Å². The number of aromatic amines is 1. The molecule has 27 heavy (non-hydrogen) atoms. The third kappa shape index (κ3) is 3.26. The molecule has 0 fully saturated rings. The molecular weight excluding hydrogens is 358 g/mol. The van der Waals surface area contributed by atoms with Crippen LogP contribution in [0, 0.1) is 20.2 Å². The minimum absolute atomic E-state index is 0.0796. The van der Waals surface area contributed by atoms with E-state index in [2.05, 4.69) is 15.4 Å². The highest BCUT2D eigenvalue weighted by molar-refractivity contribution is 6.01. The number of nitrogens with one attached hydrogen (secondary N) is 1. The zero-order valence-electron chi connectivity index (χ0n) is 13.5. The summed E-state index contributed by atoms with van der Waals surface area (Å²) in [6, 6.07) is 9.10. The molecule has 1 heterocycles. The molecule has 2 amide bonds. The van der Waals surface area contributed by atoms with E-state index < -0.39 is 27.3 Å². The Morgan fingerprint density at radius 1 is 1.07 bits per heavy atom. The summed E-state index contributed by atoms with van der Waals surface area (Å²) in [5.74, 6) is -0.0986. The number of nitro benzene ring substituents is 2. The number of nitrogens with zero attached hydrogens (tertiary/aromatic N) is 5. The maximum absolute atomic E-state index is 11.9. The number of hydrogen-bond donors (Lipinski definition) is 2. The first-order valence-electron chi connectivity index (χ1n) is 7.37. The first-order valence-corrected chi connectivity index (χ1v) is 7.37. The van der Waals surface area contributed by atoms with Gasteiger partial charge in [-0.2, -0.15) is 10.3 Å². The number of benzene rings is 2. The maximum atomic E-state index is 11.9. The van der Waals surface area contributed by atoms with E-state index >= 15 is 0 Å². The normalized spacial score (nSPS) is 10.4. The third-order valence-electron chi connectivity index (χ3n) is 3.66. The van der Waals surface area contributed by atoms with Crippen molar-refractivity contribution in [2.75, 3.05) is 4.90 Å². The summed E-state index contributed by atoms with van der Waals surface area (Å²) in [5.41, 5.74) is 4.44. The number of nitrogens with two attached hydrogens (primary N) is 1. The molecule has 0 unspecified atom stereocenters. The highest BCUT2D eigenvalue weighted by Crippen LogP contribution is 2.41. The fourth-order valence-corrected chi connectivity index (χ4v) is 2.55. The van der Waals surface area contributed by atoms with Crippen LogP contribution in [0.2, 0.25) is 0 Å². The summed E-state index contributed by atoms with van der Waals surface area (Å²) in [5, 5.41) is 32.5. The Hall–Kier alpha value is -4.35. The van der Waals surface area contributed by atoms with E-state index in [1.165, 1.54) is 0 Å². The highest BCUT2D eigenvalue weighted by Gasteiger charge is 2.31. The molecule has 0 saturated carbocycles. The minimum atomic E-state index is -1.07. The second-order valence-corrected chi connectivity index (χ2v) is 5.24. The lowest BCUT2D eigenvalue weighted by Gasteiger charge is -2.18. The van der Waals surface area contributed by atoms with Crippen LogP contribution in [0.15, 0.2) is 48.7 Å². The Morgan fingerprint density at radius 3 is 2.26 bits per heavy atom. The van der Waals surface area contributed by atoms with Gasteiger partial charge in [0.15, 0.2) is 5.82 Å². The summed E-state index contributed by atoms with van der Waals surface area (Å²) in [6.07, 6.45) is 1.14. The maximum Gasteiger partial charge on any atom is 0.325 e. The Kier molecular flexibility index (Phi) is 4.45. The van der Waals surface area contributed by atoms with Crippen molar-refractivity contribution in [2.45, 2.75) is 0 Å². The van der Waals surface area contributed by atoms with Crippen molar-refractivity contribution in [3.05, 3.63) is 68.9 Å². The molecule has 0 atom stereocenters. The summed E-state index contributed by atoms with van der Waals surface area (Å²) in [7, 11) is 0. The van der Waals surface area contributed by atoms with Crippen molar-refractivity contribution in [2.24, 2.45) is 5.73 Å². The van der Waals surface area contributed by atoms with E-state index in [4.69, 9.17) is 5.73 Å². The van der Waals surface area contributed by atoms with Gasteiger partial charge >= 0.3 is 6.03 Å². The van der Waals surface area contributed by atoms with E-state index in [0.717, 1.165) is 23.2 Å². The first kappa shape index (κ1) is 17.5. The van der Waals surface area contributed by atoms with Gasteiger partial charge in [0, 0.05) is 0 Å². The molecule has 0 aliphatic rings. The van der Waals surface area contributed by atoms with Gasteiger partial charge in [-0.05, 0) is 11.6 Å². The lowest BCUT2D eigenvalue weighted by Crippen LogP contribution is -2.32. The molecule has 12 heteroatoms. The standard InChI is InChI=1S/C15H11N7O5/c16-15(23)20(14-8-17-19-18-14)12-6-10(9-4-2-1-3-5-9)11(21(24)25)7-13(12)22(26)27/h1-8H,(H2,16,23)(H,17,18,19). The molecule has 3 N–H and O–H groups in total. The summed E-state index contributed by atoms with van der Waals surface area (Å²) >= 11 is 0. The number of hydrogen-bond acceptors (Lipinski definition) is 7. The van der Waals surface area contributed by atoms with Crippen molar-refractivity contribution in [3.63, 3.8) is 0 Å². The quantitative estimate of drug-likeness (QED) is 0.513. The first-order chi connectivity index (χ1) is 12.9. The summed E-state index contributed by atoms with van der Waals surface area (Å²) in [4.78, 5) is 34.1. The second kappa shape index (κ2) is 6.87. The molecule has 3 aromatic rings. The van der Waals surface area contributed by atoms with Gasteiger partial charge < -0.3 is 5.73 Å². The summed E-state index contributed by atoms with van der Waals surface area (Å²) in [6.45, 7) is 0. The predicted octanol–water partition coefficient (Wildman–Crippen LogP) is 2.50. The van der Waals surface area contributed by atoms with Crippen LogP contribution < -0.4 is 10.6 Å². The van der Waals surface area contributed by atoms with Crippen molar-refractivity contribution in [1.82, 2.24) is 15.4 Å². The average Bonchev–Trinajstić information content (AvgIpc) is 3.15. The molecule has 0 saturated heterocycles. The number of primary amides is 1. The predicted molar refractivity (Wildman–Crippen MR) is 93.3 cm³/mol. The second-order valence-electron chi connectivity index (χ2n) is 5.24. The van der Waals surface area contributed by atoms with Gasteiger partial charge in [-0.25, -0.2) is 9.69 Å². The number of aromatic nitrogens is 3. The fraction of sp³-hybridized carbons (Fsp3) is 0. The zero-order valence-corrected chi connectivity index (χ0v) is 13.5. The van der Waals surface area contributed by atoms with Crippen LogP contribution in [-0.4, -0.2) is 31.3 Å². The number of H-pyrrole nitrogens is 1. The number of nitro groups is 2. The number of urea groups is 1. The molecule has 3 rings (SSSR count). The van der Waals surface area contributed by atoms with E-state index in [-0.39, 0.29) is 17.1 Å². The number of amides is 2. The van der Waals surface area contributed by atoms with Gasteiger partial charge in [0.05, 0.1) is 27.7 Å². The fourth-order valence-electron chi connectivity index (χ4n) is 2.55. The Labute approximate surface area is 150 Å². The average molecular weight is 369 g/mol. The molecule has 0 radical (unpaired) electrons. The van der Waals surface area contributed by atoms with Gasteiger partial charge in [0.1, 0.15) is 5.69 Å². The van der Waals surface area contributed by atoms with Crippen molar-refractivity contribution >= 4 is 28.9 Å².